The monoisotopic (exact) mass is 365 g/mol. The number of hydrogen-bond acceptors (Lipinski definition) is 4. The van der Waals surface area contributed by atoms with E-state index in [-0.39, 0.29) is 42.0 Å². The Morgan fingerprint density at radius 2 is 1.24 bits per heavy atom. The molecule has 0 radical (unpaired) electrons. The van der Waals surface area contributed by atoms with Gasteiger partial charge in [0.2, 0.25) is 0 Å². The molecule has 0 spiro atoms. The van der Waals surface area contributed by atoms with Crippen molar-refractivity contribution in [2.45, 2.75) is 65.7 Å². The molecule has 0 amide bonds. The number of halogens is 1. The third kappa shape index (κ3) is 7.27. The molecule has 5 nitrogen and oxygen atoms in total. The number of carbonyl (C=O) groups is 2. The van der Waals surface area contributed by atoms with Gasteiger partial charge in [-0.05, 0) is 48.5 Å². The molecule has 1 saturated heterocycles. The fourth-order valence-electron chi connectivity index (χ4n) is 2.24. The van der Waals surface area contributed by atoms with Crippen LogP contribution in [-0.2, 0) is 19.1 Å². The summed E-state index contributed by atoms with van der Waals surface area (Å²) in [6, 6.07) is 0.301. The summed E-state index contributed by atoms with van der Waals surface area (Å²) < 4.78 is 11.1. The zero-order valence-electron chi connectivity index (χ0n) is 14.2. The standard InChI is InChI=1S/C15H28NO4.BrH/c1-11-8-16(11,9-12(17)19-14(2,3)4)10-13(18)20-15(5,6)7;/h11H,8-10H2,1-7H3;1H/q+1;/p-1. The van der Waals surface area contributed by atoms with E-state index in [2.05, 4.69) is 0 Å². The van der Waals surface area contributed by atoms with Gasteiger partial charge in [-0.3, -0.25) is 4.48 Å². The molecular formula is C15H28BrNO4. The Labute approximate surface area is 138 Å². The number of carbonyl (C=O) groups excluding carboxylic acids is 2. The lowest BCUT2D eigenvalue weighted by atomic mass is 10.2. The summed E-state index contributed by atoms with van der Waals surface area (Å²) in [5.41, 5.74) is -0.988. The maximum absolute atomic E-state index is 11.9. The van der Waals surface area contributed by atoms with Crippen LogP contribution in [0.3, 0.4) is 0 Å². The van der Waals surface area contributed by atoms with Gasteiger partial charge in [0, 0.05) is 0 Å². The largest absolute Gasteiger partial charge is 1.00 e. The number of hydrogen-bond donors (Lipinski definition) is 0. The normalized spacial score (nSPS) is 20.2. The van der Waals surface area contributed by atoms with E-state index >= 15 is 0 Å². The highest BCUT2D eigenvalue weighted by Gasteiger charge is 2.55. The summed E-state index contributed by atoms with van der Waals surface area (Å²) in [5.74, 6) is -0.518. The third-order valence-corrected chi connectivity index (χ3v) is 3.16. The Morgan fingerprint density at radius 3 is 1.43 bits per heavy atom. The van der Waals surface area contributed by atoms with Crippen LogP contribution in [0.15, 0.2) is 0 Å². The third-order valence-electron chi connectivity index (χ3n) is 3.16. The second-order valence-corrected chi connectivity index (χ2v) is 7.74. The maximum Gasteiger partial charge on any atom is 0.362 e. The number of rotatable bonds is 4. The summed E-state index contributed by atoms with van der Waals surface area (Å²) >= 11 is 0. The molecule has 6 heteroatoms. The van der Waals surface area contributed by atoms with Gasteiger partial charge < -0.3 is 26.5 Å². The molecule has 0 N–H and O–H groups in total. The lowest BCUT2D eigenvalue weighted by molar-refractivity contribution is -0.797. The molecular weight excluding hydrogens is 338 g/mol. The second kappa shape index (κ2) is 6.65. The molecule has 1 rings (SSSR count). The molecule has 124 valence electrons. The molecule has 1 fully saturated rings. The Bertz CT molecular complexity index is 365. The quantitative estimate of drug-likeness (QED) is 0.360. The van der Waals surface area contributed by atoms with Gasteiger partial charge in [0.1, 0.15) is 23.8 Å². The van der Waals surface area contributed by atoms with Gasteiger partial charge in [-0.15, -0.1) is 0 Å². The van der Waals surface area contributed by atoms with Crippen molar-refractivity contribution in [1.29, 1.82) is 0 Å². The van der Waals surface area contributed by atoms with Crippen LogP contribution in [0, 0.1) is 0 Å². The van der Waals surface area contributed by atoms with Crippen LogP contribution < -0.4 is 17.0 Å². The van der Waals surface area contributed by atoms with E-state index in [9.17, 15) is 9.59 Å². The van der Waals surface area contributed by atoms with Gasteiger partial charge in [0.25, 0.3) is 0 Å². The Balaban J connectivity index is 0.00000400. The molecule has 0 bridgehead atoms. The van der Waals surface area contributed by atoms with Crippen molar-refractivity contribution in [3.8, 4) is 0 Å². The van der Waals surface area contributed by atoms with Crippen molar-refractivity contribution in [3.05, 3.63) is 0 Å². The first-order chi connectivity index (χ1) is 8.83. The van der Waals surface area contributed by atoms with Crippen molar-refractivity contribution >= 4 is 11.9 Å². The SMILES string of the molecule is CC1C[N+]1(CC(=O)OC(C)(C)C)CC(=O)OC(C)(C)C.[Br-]. The van der Waals surface area contributed by atoms with E-state index in [0.29, 0.717) is 10.5 Å². The summed E-state index contributed by atoms with van der Waals surface area (Å²) in [5, 5.41) is 0. The zero-order chi connectivity index (χ0) is 15.8. The van der Waals surface area contributed by atoms with E-state index in [1.807, 2.05) is 48.5 Å². The summed E-state index contributed by atoms with van der Waals surface area (Å²) in [7, 11) is 0. The van der Waals surface area contributed by atoms with E-state index in [1.54, 1.807) is 0 Å². The first-order valence-corrected chi connectivity index (χ1v) is 7.12. The Hall–Kier alpha value is -0.620. The van der Waals surface area contributed by atoms with Gasteiger partial charge in [0.05, 0.1) is 0 Å². The molecule has 1 atom stereocenters. The minimum absolute atomic E-state index is 0. The first-order valence-electron chi connectivity index (χ1n) is 7.12. The molecule has 1 aliphatic heterocycles. The van der Waals surface area contributed by atoms with E-state index in [0.717, 1.165) is 6.54 Å². The molecule has 1 unspecified atom stereocenters. The lowest BCUT2D eigenvalue weighted by Crippen LogP contribution is -3.00. The van der Waals surface area contributed by atoms with Crippen LogP contribution >= 0.6 is 0 Å². The molecule has 1 aliphatic rings. The average molecular weight is 366 g/mol. The first kappa shape index (κ1) is 20.4. The van der Waals surface area contributed by atoms with Crippen LogP contribution in [0.25, 0.3) is 0 Å². The van der Waals surface area contributed by atoms with Gasteiger partial charge in [-0.1, -0.05) is 0 Å². The van der Waals surface area contributed by atoms with E-state index in [1.165, 1.54) is 0 Å². The Kier molecular flexibility index (Phi) is 6.45. The molecule has 1 heterocycles. The van der Waals surface area contributed by atoms with Crippen molar-refractivity contribution in [2.24, 2.45) is 0 Å². The minimum Gasteiger partial charge on any atom is -1.00 e. The minimum atomic E-state index is -0.494. The molecule has 0 aromatic rings. The van der Waals surface area contributed by atoms with Crippen LogP contribution in [-0.4, -0.2) is 53.3 Å². The predicted molar refractivity (Wildman–Crippen MR) is 76.0 cm³/mol. The van der Waals surface area contributed by atoms with Crippen molar-refractivity contribution in [2.75, 3.05) is 19.6 Å². The van der Waals surface area contributed by atoms with Crippen molar-refractivity contribution in [1.82, 2.24) is 0 Å². The number of quaternary nitrogens is 1. The average Bonchev–Trinajstić information content (AvgIpc) is 2.66. The van der Waals surface area contributed by atoms with Crippen LogP contribution in [0.4, 0.5) is 0 Å². The maximum atomic E-state index is 11.9. The topological polar surface area (TPSA) is 52.6 Å². The summed E-state index contributed by atoms with van der Waals surface area (Å²) in [6.07, 6.45) is 0. The van der Waals surface area contributed by atoms with Crippen molar-refractivity contribution < 1.29 is 40.5 Å². The van der Waals surface area contributed by atoms with Crippen LogP contribution in [0.5, 0.6) is 0 Å². The van der Waals surface area contributed by atoms with Crippen LogP contribution in [0.2, 0.25) is 0 Å². The molecule has 0 aliphatic carbocycles. The lowest BCUT2D eigenvalue weighted by Gasteiger charge is -2.25. The zero-order valence-corrected chi connectivity index (χ0v) is 15.7. The molecule has 0 saturated carbocycles. The molecule has 0 aromatic heterocycles. The fourth-order valence-corrected chi connectivity index (χ4v) is 2.24. The van der Waals surface area contributed by atoms with Gasteiger partial charge >= 0.3 is 11.9 Å². The smallest absolute Gasteiger partial charge is 0.362 e. The number of nitrogens with zero attached hydrogens (tertiary/aromatic N) is 1. The van der Waals surface area contributed by atoms with Crippen molar-refractivity contribution in [3.63, 3.8) is 0 Å². The van der Waals surface area contributed by atoms with Gasteiger partial charge in [0.15, 0.2) is 13.1 Å². The van der Waals surface area contributed by atoms with E-state index < -0.39 is 11.2 Å². The predicted octanol–water partition coefficient (Wildman–Crippen LogP) is -1.11. The Morgan fingerprint density at radius 1 is 0.952 bits per heavy atom. The van der Waals surface area contributed by atoms with Gasteiger partial charge in [-0.25, -0.2) is 9.59 Å². The highest BCUT2D eigenvalue weighted by atomic mass is 79.9. The number of esters is 2. The molecule has 21 heavy (non-hydrogen) atoms. The number of ether oxygens (including phenoxy) is 2. The van der Waals surface area contributed by atoms with Gasteiger partial charge in [-0.2, -0.15) is 0 Å². The summed E-state index contributed by atoms with van der Waals surface area (Å²) in [6.45, 7) is 14.4. The second-order valence-electron chi connectivity index (χ2n) is 7.74. The molecule has 0 aromatic carbocycles. The highest BCUT2D eigenvalue weighted by Crippen LogP contribution is 2.31. The van der Waals surface area contributed by atoms with Crippen LogP contribution in [0.1, 0.15) is 48.5 Å². The summed E-state index contributed by atoms with van der Waals surface area (Å²) in [4.78, 5) is 23.9. The fraction of sp³-hybridized carbons (Fsp3) is 0.867. The highest BCUT2D eigenvalue weighted by molar-refractivity contribution is 5.74. The van der Waals surface area contributed by atoms with E-state index in [4.69, 9.17) is 9.47 Å².